The predicted octanol–water partition coefficient (Wildman–Crippen LogP) is 3.13. The van der Waals surface area contributed by atoms with E-state index in [4.69, 9.17) is 0 Å². The number of benzene rings is 1. The Kier molecular flexibility index (Phi) is 8.73. The minimum Gasteiger partial charge on any atom is -0.337 e. The predicted molar refractivity (Wildman–Crippen MR) is 124 cm³/mol. The Morgan fingerprint density at radius 1 is 1.17 bits per heavy atom. The van der Waals surface area contributed by atoms with Gasteiger partial charge in [-0.05, 0) is 17.4 Å². The first-order valence-corrected chi connectivity index (χ1v) is 10.3. The second-order valence-electron chi connectivity index (χ2n) is 8.50. The molecule has 4 rings (SSSR count). The SMILES string of the molecule is CC1CN(Cc2ccccc2)CC(C)C1N(C)C(=O)c1n[nH]c2c1CNCC2.Cl.Cl. The van der Waals surface area contributed by atoms with Gasteiger partial charge in [-0.15, -0.1) is 24.8 Å². The van der Waals surface area contributed by atoms with Crippen LogP contribution in [-0.2, 0) is 19.5 Å². The second kappa shape index (κ2) is 10.6. The Morgan fingerprint density at radius 2 is 1.83 bits per heavy atom. The highest BCUT2D eigenvalue weighted by atomic mass is 35.5. The van der Waals surface area contributed by atoms with Gasteiger partial charge < -0.3 is 10.2 Å². The second-order valence-corrected chi connectivity index (χ2v) is 8.50. The molecule has 1 saturated heterocycles. The first-order chi connectivity index (χ1) is 13.5. The largest absolute Gasteiger partial charge is 0.337 e. The fourth-order valence-electron chi connectivity index (χ4n) is 5.10. The van der Waals surface area contributed by atoms with Crippen molar-refractivity contribution in [1.29, 1.82) is 0 Å². The van der Waals surface area contributed by atoms with Gasteiger partial charge in [-0.25, -0.2) is 0 Å². The van der Waals surface area contributed by atoms with Gasteiger partial charge in [-0.3, -0.25) is 14.8 Å². The van der Waals surface area contributed by atoms with Crippen molar-refractivity contribution in [2.24, 2.45) is 11.8 Å². The number of amides is 1. The van der Waals surface area contributed by atoms with Crippen molar-refractivity contribution in [2.45, 2.75) is 39.4 Å². The van der Waals surface area contributed by atoms with Gasteiger partial charge in [-0.1, -0.05) is 44.2 Å². The molecule has 30 heavy (non-hydrogen) atoms. The van der Waals surface area contributed by atoms with Gasteiger partial charge in [0.25, 0.3) is 5.91 Å². The van der Waals surface area contributed by atoms with Gasteiger partial charge in [0, 0.05) is 63.5 Å². The topological polar surface area (TPSA) is 64.3 Å². The summed E-state index contributed by atoms with van der Waals surface area (Å²) in [4.78, 5) is 17.7. The smallest absolute Gasteiger partial charge is 0.274 e. The van der Waals surface area contributed by atoms with Crippen LogP contribution in [0.2, 0.25) is 0 Å². The van der Waals surface area contributed by atoms with Gasteiger partial charge >= 0.3 is 0 Å². The van der Waals surface area contributed by atoms with Crippen LogP contribution in [0, 0.1) is 11.8 Å². The molecule has 2 aliphatic rings. The Balaban J connectivity index is 0.00000160. The molecule has 6 nitrogen and oxygen atoms in total. The fourth-order valence-corrected chi connectivity index (χ4v) is 5.10. The molecule has 2 aliphatic heterocycles. The number of aromatic amines is 1. The van der Waals surface area contributed by atoms with E-state index in [2.05, 4.69) is 64.6 Å². The van der Waals surface area contributed by atoms with Gasteiger partial charge in [0.2, 0.25) is 0 Å². The van der Waals surface area contributed by atoms with Crippen molar-refractivity contribution in [3.05, 3.63) is 52.8 Å². The van der Waals surface area contributed by atoms with Crippen LogP contribution in [0.5, 0.6) is 0 Å². The summed E-state index contributed by atoms with van der Waals surface area (Å²) < 4.78 is 0. The Labute approximate surface area is 191 Å². The molecule has 166 valence electrons. The number of hydrogen-bond acceptors (Lipinski definition) is 4. The summed E-state index contributed by atoms with van der Waals surface area (Å²) >= 11 is 0. The number of nitrogens with zero attached hydrogens (tertiary/aromatic N) is 3. The van der Waals surface area contributed by atoms with Crippen molar-refractivity contribution >= 4 is 30.7 Å². The van der Waals surface area contributed by atoms with E-state index >= 15 is 0 Å². The molecule has 0 saturated carbocycles. The van der Waals surface area contributed by atoms with Crippen molar-refractivity contribution in [3.8, 4) is 0 Å². The molecule has 8 heteroatoms. The average molecular weight is 454 g/mol. The van der Waals surface area contributed by atoms with Crippen LogP contribution in [0.25, 0.3) is 0 Å². The number of carbonyl (C=O) groups is 1. The lowest BCUT2D eigenvalue weighted by Crippen LogP contribution is -2.55. The third kappa shape index (κ3) is 4.99. The standard InChI is InChI=1S/C22H31N5O.2ClH/c1-15-12-27(14-17-7-5-4-6-8-17)13-16(2)21(15)26(3)22(28)20-18-11-23-10-9-19(18)24-25-20;;/h4-8,15-16,21,23H,9-14H2,1-3H3,(H,24,25);2*1H. The number of carbonyl (C=O) groups excluding carboxylic acids is 1. The molecular weight excluding hydrogens is 421 g/mol. The maximum Gasteiger partial charge on any atom is 0.274 e. The summed E-state index contributed by atoms with van der Waals surface area (Å²) in [5.41, 5.74) is 4.09. The molecule has 3 heterocycles. The van der Waals surface area contributed by atoms with Gasteiger partial charge in [0.15, 0.2) is 5.69 Å². The molecule has 0 bridgehead atoms. The van der Waals surface area contributed by atoms with E-state index in [1.165, 1.54) is 5.56 Å². The third-order valence-electron chi connectivity index (χ3n) is 6.28. The molecule has 1 aromatic carbocycles. The van der Waals surface area contributed by atoms with Crippen LogP contribution in [0.1, 0.15) is 41.2 Å². The zero-order chi connectivity index (χ0) is 19.7. The van der Waals surface area contributed by atoms with Crippen molar-refractivity contribution < 1.29 is 4.79 Å². The summed E-state index contributed by atoms with van der Waals surface area (Å²) in [6, 6.07) is 10.9. The van der Waals surface area contributed by atoms with Crippen LogP contribution >= 0.6 is 24.8 Å². The van der Waals surface area contributed by atoms with E-state index in [9.17, 15) is 4.79 Å². The van der Waals surface area contributed by atoms with Crippen molar-refractivity contribution in [1.82, 2.24) is 25.3 Å². The highest BCUT2D eigenvalue weighted by Crippen LogP contribution is 2.29. The molecule has 2 unspecified atom stereocenters. The molecule has 0 radical (unpaired) electrons. The number of hydrogen-bond donors (Lipinski definition) is 2. The van der Waals surface area contributed by atoms with E-state index in [0.717, 1.165) is 50.4 Å². The molecule has 2 N–H and O–H groups in total. The number of piperidine rings is 1. The minimum absolute atomic E-state index is 0. The van der Waals surface area contributed by atoms with Crippen LogP contribution in [0.4, 0.5) is 0 Å². The van der Waals surface area contributed by atoms with E-state index in [-0.39, 0.29) is 36.8 Å². The van der Waals surface area contributed by atoms with Crippen LogP contribution in [-0.4, -0.2) is 58.6 Å². The first-order valence-electron chi connectivity index (χ1n) is 10.3. The average Bonchev–Trinajstić information content (AvgIpc) is 3.11. The van der Waals surface area contributed by atoms with E-state index in [1.54, 1.807) is 0 Å². The highest BCUT2D eigenvalue weighted by molar-refractivity contribution is 5.94. The maximum absolute atomic E-state index is 13.2. The van der Waals surface area contributed by atoms with Gasteiger partial charge in [0.1, 0.15) is 0 Å². The lowest BCUT2D eigenvalue weighted by molar-refractivity contribution is 0.0266. The van der Waals surface area contributed by atoms with Gasteiger partial charge in [-0.2, -0.15) is 5.10 Å². The Morgan fingerprint density at radius 3 is 2.50 bits per heavy atom. The number of likely N-dealkylation sites (tertiary alicyclic amines) is 1. The summed E-state index contributed by atoms with van der Waals surface area (Å²) in [5.74, 6) is 0.866. The molecule has 1 aromatic heterocycles. The molecule has 0 spiro atoms. The summed E-state index contributed by atoms with van der Waals surface area (Å²) in [6.45, 7) is 9.17. The van der Waals surface area contributed by atoms with Crippen molar-refractivity contribution in [2.75, 3.05) is 26.7 Å². The summed E-state index contributed by atoms with van der Waals surface area (Å²) in [6.07, 6.45) is 0.907. The number of rotatable bonds is 4. The molecule has 2 aromatic rings. The van der Waals surface area contributed by atoms with E-state index in [0.29, 0.717) is 17.5 Å². The number of nitrogens with one attached hydrogen (secondary N) is 2. The first kappa shape index (κ1) is 24.7. The lowest BCUT2D eigenvalue weighted by atomic mass is 9.84. The number of H-pyrrole nitrogens is 1. The number of fused-ring (bicyclic) bond motifs is 1. The summed E-state index contributed by atoms with van der Waals surface area (Å²) in [7, 11) is 1.95. The van der Waals surface area contributed by atoms with Crippen molar-refractivity contribution in [3.63, 3.8) is 0 Å². The van der Waals surface area contributed by atoms with Crippen LogP contribution in [0.3, 0.4) is 0 Å². The number of aromatic nitrogens is 2. The van der Waals surface area contributed by atoms with Crippen LogP contribution in [0.15, 0.2) is 30.3 Å². The third-order valence-corrected chi connectivity index (χ3v) is 6.28. The summed E-state index contributed by atoms with van der Waals surface area (Å²) in [5, 5.41) is 10.8. The Hall–Kier alpha value is -1.60. The Bertz CT molecular complexity index is 816. The number of halogens is 2. The van der Waals surface area contributed by atoms with E-state index in [1.807, 2.05) is 11.9 Å². The molecule has 1 amide bonds. The highest BCUT2D eigenvalue weighted by Gasteiger charge is 2.37. The minimum atomic E-state index is 0. The molecule has 1 fully saturated rings. The maximum atomic E-state index is 13.2. The molecule has 0 aliphatic carbocycles. The fraction of sp³-hybridized carbons (Fsp3) is 0.545. The monoisotopic (exact) mass is 453 g/mol. The van der Waals surface area contributed by atoms with E-state index < -0.39 is 0 Å². The lowest BCUT2D eigenvalue weighted by Gasteiger charge is -2.45. The molecular formula is C22H33Cl2N5O. The molecule has 2 atom stereocenters. The van der Waals surface area contributed by atoms with Gasteiger partial charge in [0.05, 0.1) is 0 Å². The zero-order valence-corrected chi connectivity index (χ0v) is 19.6. The normalized spacial score (nSPS) is 23.6. The zero-order valence-electron chi connectivity index (χ0n) is 17.9. The quantitative estimate of drug-likeness (QED) is 0.745. The van der Waals surface area contributed by atoms with Crippen LogP contribution < -0.4 is 5.32 Å².